The Balaban J connectivity index is 1.50. The first-order valence-electron chi connectivity index (χ1n) is 13.7. The Labute approximate surface area is 264 Å². The van der Waals surface area contributed by atoms with Gasteiger partial charge >= 0.3 is 5.97 Å². The number of esters is 1. The maximum absolute atomic E-state index is 13.3. The summed E-state index contributed by atoms with van der Waals surface area (Å²) >= 11 is 12.7. The fourth-order valence-electron chi connectivity index (χ4n) is 4.30. The van der Waals surface area contributed by atoms with E-state index in [2.05, 4.69) is 16.0 Å². The molecule has 0 saturated carbocycles. The highest BCUT2D eigenvalue weighted by atomic mass is 35.5. The molecule has 4 N–H and O–H groups in total. The summed E-state index contributed by atoms with van der Waals surface area (Å²) in [5.74, 6) is -3.35. The summed E-state index contributed by atoms with van der Waals surface area (Å²) in [6, 6.07) is 21.5. The number of carbonyl (C=O) groups is 3. The number of anilines is 1. The number of phenols is 1. The molecule has 1 amide bonds. The third-order valence-electron chi connectivity index (χ3n) is 6.73. The molecule has 0 saturated heterocycles. The average Bonchev–Trinajstić information content (AvgIpc) is 3.03. The molecule has 44 heavy (non-hydrogen) atoms. The van der Waals surface area contributed by atoms with Gasteiger partial charge in [0.25, 0.3) is 5.91 Å². The highest BCUT2D eigenvalue weighted by Crippen LogP contribution is 2.42. The quantitative estimate of drug-likeness (QED) is 0.107. The zero-order valence-electron chi connectivity index (χ0n) is 23.7. The van der Waals surface area contributed by atoms with Crippen molar-refractivity contribution in [3.63, 3.8) is 0 Å². The van der Waals surface area contributed by atoms with E-state index in [-0.39, 0.29) is 40.6 Å². The second kappa shape index (κ2) is 15.3. The minimum atomic E-state index is -1.01. The predicted octanol–water partition coefficient (Wildman–Crippen LogP) is 5.84. The van der Waals surface area contributed by atoms with E-state index < -0.39 is 34.5 Å². The Morgan fingerprint density at radius 2 is 1.61 bits per heavy atom. The van der Waals surface area contributed by atoms with Crippen LogP contribution in [0.25, 0.3) is 0 Å². The normalized spacial score (nSPS) is 11.5. The van der Waals surface area contributed by atoms with Crippen molar-refractivity contribution in [2.45, 2.75) is 18.9 Å². The van der Waals surface area contributed by atoms with Gasteiger partial charge in [0, 0.05) is 5.69 Å². The molecule has 0 radical (unpaired) electrons. The molecule has 0 bridgehead atoms. The maximum Gasteiger partial charge on any atom is 0.343 e. The van der Waals surface area contributed by atoms with Gasteiger partial charge in [-0.1, -0.05) is 65.7 Å². The highest BCUT2D eigenvalue weighted by Gasteiger charge is 2.27. The average molecular weight is 639 g/mol. The number of phenolic OH excluding ortho intramolecular Hbond substituents is 1. The van der Waals surface area contributed by atoms with E-state index in [1.807, 2.05) is 25.2 Å². The molecule has 228 valence electrons. The van der Waals surface area contributed by atoms with Crippen molar-refractivity contribution in [3.8, 4) is 11.5 Å². The number of hydrogen-bond acceptors (Lipinski definition) is 7. The number of ketones is 1. The lowest BCUT2D eigenvalue weighted by Crippen LogP contribution is -2.44. The third-order valence-corrected chi connectivity index (χ3v) is 7.36. The molecule has 0 unspecified atom stereocenters. The van der Waals surface area contributed by atoms with Crippen molar-refractivity contribution >= 4 is 46.5 Å². The first kappa shape index (κ1) is 32.5. The number of amides is 1. The van der Waals surface area contributed by atoms with Gasteiger partial charge in [-0.15, -0.1) is 0 Å². The third kappa shape index (κ3) is 8.57. The van der Waals surface area contributed by atoms with Gasteiger partial charge in [-0.05, 0) is 80.0 Å². The summed E-state index contributed by atoms with van der Waals surface area (Å²) in [5.41, 5.74) is 2.26. The van der Waals surface area contributed by atoms with Crippen molar-refractivity contribution in [2.75, 3.05) is 25.5 Å². The van der Waals surface area contributed by atoms with E-state index >= 15 is 0 Å². The largest absolute Gasteiger partial charge is 0.505 e. The van der Waals surface area contributed by atoms with E-state index in [0.717, 1.165) is 30.2 Å². The second-order valence-corrected chi connectivity index (χ2v) is 10.7. The molecule has 11 heteroatoms. The number of likely N-dealkylation sites (N-methyl/N-ethyl adjacent to an activating group) is 1. The molecule has 0 aliphatic rings. The molecule has 0 aliphatic heterocycles. The monoisotopic (exact) mass is 637 g/mol. The number of nitrogens with one attached hydrogen (secondary N) is 3. The molecule has 1 atom stereocenters. The van der Waals surface area contributed by atoms with Crippen LogP contribution in [0.5, 0.6) is 11.5 Å². The second-order valence-electron chi connectivity index (χ2n) is 9.88. The highest BCUT2D eigenvalue weighted by molar-refractivity contribution is 6.39. The number of carbonyl (C=O) groups excluding carboxylic acids is 3. The van der Waals surface area contributed by atoms with Crippen molar-refractivity contribution in [1.82, 2.24) is 10.6 Å². The van der Waals surface area contributed by atoms with E-state index in [0.29, 0.717) is 5.69 Å². The standard InChI is InChI=1S/C33H30Cl2FN3O5/c1-37-16-15-20-7-9-22(10-8-20)33(43)44-31-26(34)18-25(30(41)29(31)35)32(42)39-27(17-21-5-3-2-4-6-21)28(40)19-38-24-13-11-23(36)12-14-24/h2-14,18,27,37-38,41H,15-17,19H2,1H3,(H,39,42)/t27-/m0/s1. The lowest BCUT2D eigenvalue weighted by atomic mass is 10.0. The summed E-state index contributed by atoms with van der Waals surface area (Å²) < 4.78 is 18.6. The lowest BCUT2D eigenvalue weighted by Gasteiger charge is -2.20. The van der Waals surface area contributed by atoms with Crippen LogP contribution in [0.3, 0.4) is 0 Å². The topological polar surface area (TPSA) is 117 Å². The Bertz CT molecular complexity index is 1620. The smallest absolute Gasteiger partial charge is 0.343 e. The molecule has 0 aliphatic carbocycles. The van der Waals surface area contributed by atoms with Gasteiger partial charge in [-0.2, -0.15) is 0 Å². The number of hydrogen-bond donors (Lipinski definition) is 4. The van der Waals surface area contributed by atoms with Gasteiger partial charge in [-0.3, -0.25) is 9.59 Å². The van der Waals surface area contributed by atoms with Gasteiger partial charge in [0.05, 0.1) is 28.7 Å². The van der Waals surface area contributed by atoms with Crippen LogP contribution in [0.15, 0.2) is 84.9 Å². The summed E-state index contributed by atoms with van der Waals surface area (Å²) in [6.07, 6.45) is 0.936. The molecule has 0 fully saturated rings. The number of aromatic hydroxyl groups is 1. The van der Waals surface area contributed by atoms with Crippen LogP contribution in [0.2, 0.25) is 10.0 Å². The molecule has 0 aromatic heterocycles. The van der Waals surface area contributed by atoms with E-state index in [9.17, 15) is 23.9 Å². The zero-order chi connectivity index (χ0) is 31.6. The van der Waals surface area contributed by atoms with Gasteiger partial charge in [0.2, 0.25) is 0 Å². The van der Waals surface area contributed by atoms with Gasteiger partial charge in [0.1, 0.15) is 10.8 Å². The van der Waals surface area contributed by atoms with Crippen LogP contribution < -0.4 is 20.7 Å². The van der Waals surface area contributed by atoms with Crippen LogP contribution in [0.4, 0.5) is 10.1 Å². The molecule has 4 aromatic rings. The Morgan fingerprint density at radius 3 is 2.27 bits per heavy atom. The number of halogens is 3. The Morgan fingerprint density at radius 1 is 0.932 bits per heavy atom. The zero-order valence-corrected chi connectivity index (χ0v) is 25.2. The van der Waals surface area contributed by atoms with E-state index in [4.69, 9.17) is 27.9 Å². The van der Waals surface area contributed by atoms with Crippen molar-refractivity contribution < 1.29 is 28.6 Å². The van der Waals surface area contributed by atoms with Gasteiger partial charge in [0.15, 0.2) is 17.3 Å². The van der Waals surface area contributed by atoms with E-state index in [1.165, 1.54) is 24.3 Å². The summed E-state index contributed by atoms with van der Waals surface area (Å²) in [5, 5.41) is 18.8. The first-order valence-corrected chi connectivity index (χ1v) is 14.5. The van der Waals surface area contributed by atoms with Crippen molar-refractivity contribution in [1.29, 1.82) is 0 Å². The molecule has 0 heterocycles. The lowest BCUT2D eigenvalue weighted by molar-refractivity contribution is -0.119. The number of rotatable bonds is 13. The van der Waals surface area contributed by atoms with E-state index in [1.54, 1.807) is 36.4 Å². The van der Waals surface area contributed by atoms with Crippen LogP contribution in [-0.2, 0) is 17.6 Å². The minimum Gasteiger partial charge on any atom is -0.505 e. The maximum atomic E-state index is 13.3. The Hall–Kier alpha value is -4.44. The molecule has 8 nitrogen and oxygen atoms in total. The molecule has 4 aromatic carbocycles. The minimum absolute atomic E-state index is 0.155. The van der Waals surface area contributed by atoms with Crippen LogP contribution in [0.1, 0.15) is 31.8 Å². The SMILES string of the molecule is CNCCc1ccc(C(=O)Oc2c(Cl)cc(C(=O)N[C@@H](Cc3ccccc3)C(=O)CNc3ccc(F)cc3)c(O)c2Cl)cc1. The van der Waals surface area contributed by atoms with Crippen LogP contribution in [0, 0.1) is 5.82 Å². The molecule has 4 rings (SSSR count). The fourth-order valence-corrected chi connectivity index (χ4v) is 4.83. The fraction of sp³-hybridized carbons (Fsp3) is 0.182. The first-order chi connectivity index (χ1) is 21.2. The molecular weight excluding hydrogens is 608 g/mol. The van der Waals surface area contributed by atoms with Gasteiger partial charge < -0.3 is 25.8 Å². The number of Topliss-reactive ketones (excluding diaryl/α,β-unsaturated/α-hetero) is 1. The summed E-state index contributed by atoms with van der Waals surface area (Å²) in [6.45, 7) is 0.616. The summed E-state index contributed by atoms with van der Waals surface area (Å²) in [4.78, 5) is 39.3. The van der Waals surface area contributed by atoms with Crippen LogP contribution >= 0.6 is 23.2 Å². The van der Waals surface area contributed by atoms with Crippen LogP contribution in [-0.4, -0.2) is 48.9 Å². The number of benzene rings is 4. The molecule has 0 spiro atoms. The summed E-state index contributed by atoms with van der Waals surface area (Å²) in [7, 11) is 1.85. The predicted molar refractivity (Wildman–Crippen MR) is 168 cm³/mol. The Kier molecular flexibility index (Phi) is 11.3. The van der Waals surface area contributed by atoms with Crippen molar-refractivity contribution in [2.24, 2.45) is 0 Å². The van der Waals surface area contributed by atoms with Crippen molar-refractivity contribution in [3.05, 3.63) is 123 Å². The number of ether oxygens (including phenoxy) is 1. The van der Waals surface area contributed by atoms with Gasteiger partial charge in [-0.25, -0.2) is 9.18 Å². The molecular formula is C33H30Cl2FN3O5.